The van der Waals surface area contributed by atoms with Crippen LogP contribution in [0, 0.1) is 5.92 Å². The maximum atomic E-state index is 11.3. The molecule has 0 spiro atoms. The van der Waals surface area contributed by atoms with Crippen molar-refractivity contribution in [2.75, 3.05) is 11.9 Å². The Morgan fingerprint density at radius 1 is 1.35 bits per heavy atom. The van der Waals surface area contributed by atoms with Gasteiger partial charge in [-0.3, -0.25) is 0 Å². The van der Waals surface area contributed by atoms with E-state index >= 15 is 0 Å². The summed E-state index contributed by atoms with van der Waals surface area (Å²) < 4.78 is 0. The first-order valence-electron chi connectivity index (χ1n) is 6.54. The van der Waals surface area contributed by atoms with Gasteiger partial charge in [-0.05, 0) is 18.1 Å². The third kappa shape index (κ3) is 3.05. The van der Waals surface area contributed by atoms with Gasteiger partial charge in [-0.15, -0.1) is 0 Å². The highest BCUT2D eigenvalue weighted by Gasteiger charge is 2.13. The average molecular weight is 274 g/mol. The van der Waals surface area contributed by atoms with Crippen LogP contribution in [-0.2, 0) is 0 Å². The molecule has 0 aliphatic heterocycles. The first-order valence-corrected chi connectivity index (χ1v) is 6.54. The number of carboxylic acids is 1. The summed E-state index contributed by atoms with van der Waals surface area (Å²) in [5, 5.41) is 22.6. The molecule has 0 saturated carbocycles. The molecule has 0 amide bonds. The van der Waals surface area contributed by atoms with Crippen molar-refractivity contribution in [1.29, 1.82) is 0 Å². The normalized spacial score (nSPS) is 12.6. The number of fused-ring (bicyclic) bond motifs is 1. The van der Waals surface area contributed by atoms with Crippen LogP contribution in [0.3, 0.4) is 0 Å². The second-order valence-corrected chi connectivity index (χ2v) is 5.07. The van der Waals surface area contributed by atoms with Gasteiger partial charge in [0.2, 0.25) is 0 Å². The van der Waals surface area contributed by atoms with Crippen LogP contribution in [0.4, 0.5) is 5.82 Å². The molecule has 2 aromatic rings. The Kier molecular flexibility index (Phi) is 4.20. The lowest BCUT2D eigenvalue weighted by atomic mass is 10.1. The SMILES string of the molecule is CC(C)C(O)CNc1cc(C(=O)O)c2ccccc2n1. The summed E-state index contributed by atoms with van der Waals surface area (Å²) >= 11 is 0. The van der Waals surface area contributed by atoms with E-state index in [1.165, 1.54) is 6.07 Å². The number of aliphatic hydroxyl groups excluding tert-OH is 1. The van der Waals surface area contributed by atoms with Gasteiger partial charge in [0.05, 0.1) is 17.2 Å². The van der Waals surface area contributed by atoms with Gasteiger partial charge in [0.15, 0.2) is 0 Å². The maximum Gasteiger partial charge on any atom is 0.336 e. The predicted molar refractivity (Wildman–Crippen MR) is 78.0 cm³/mol. The van der Waals surface area contributed by atoms with Crippen LogP contribution in [0.2, 0.25) is 0 Å². The number of nitrogens with one attached hydrogen (secondary N) is 1. The second-order valence-electron chi connectivity index (χ2n) is 5.07. The van der Waals surface area contributed by atoms with Crippen molar-refractivity contribution in [3.8, 4) is 0 Å². The van der Waals surface area contributed by atoms with E-state index < -0.39 is 12.1 Å². The van der Waals surface area contributed by atoms with E-state index in [1.807, 2.05) is 19.9 Å². The van der Waals surface area contributed by atoms with Gasteiger partial charge in [-0.1, -0.05) is 32.0 Å². The van der Waals surface area contributed by atoms with Crippen molar-refractivity contribution in [2.45, 2.75) is 20.0 Å². The number of hydrogen-bond acceptors (Lipinski definition) is 4. The molecule has 1 unspecified atom stereocenters. The molecule has 0 saturated heterocycles. The van der Waals surface area contributed by atoms with Gasteiger partial charge < -0.3 is 15.5 Å². The smallest absolute Gasteiger partial charge is 0.336 e. The summed E-state index contributed by atoms with van der Waals surface area (Å²) in [5.74, 6) is -0.404. The molecule has 106 valence electrons. The summed E-state index contributed by atoms with van der Waals surface area (Å²) in [6.45, 7) is 4.17. The van der Waals surface area contributed by atoms with Crippen LogP contribution in [-0.4, -0.2) is 33.8 Å². The van der Waals surface area contributed by atoms with Gasteiger partial charge in [-0.25, -0.2) is 9.78 Å². The molecule has 1 heterocycles. The number of aromatic carboxylic acids is 1. The largest absolute Gasteiger partial charge is 0.478 e. The van der Waals surface area contributed by atoms with Gasteiger partial charge >= 0.3 is 5.97 Å². The Hall–Kier alpha value is -2.14. The highest BCUT2D eigenvalue weighted by molar-refractivity contribution is 6.03. The first-order chi connectivity index (χ1) is 9.49. The Morgan fingerprint density at radius 2 is 2.05 bits per heavy atom. The molecule has 0 radical (unpaired) electrons. The van der Waals surface area contributed by atoms with Crippen molar-refractivity contribution >= 4 is 22.7 Å². The number of para-hydroxylation sites is 1. The number of hydrogen-bond donors (Lipinski definition) is 3. The fourth-order valence-corrected chi connectivity index (χ4v) is 1.89. The van der Waals surface area contributed by atoms with Gasteiger partial charge in [0.1, 0.15) is 5.82 Å². The van der Waals surface area contributed by atoms with Gasteiger partial charge in [0, 0.05) is 11.9 Å². The average Bonchev–Trinajstić information content (AvgIpc) is 2.43. The highest BCUT2D eigenvalue weighted by atomic mass is 16.4. The molecule has 3 N–H and O–H groups in total. The second kappa shape index (κ2) is 5.88. The zero-order valence-corrected chi connectivity index (χ0v) is 11.5. The van der Waals surface area contributed by atoms with Crippen LogP contribution >= 0.6 is 0 Å². The number of aliphatic hydroxyl groups is 1. The monoisotopic (exact) mass is 274 g/mol. The molecule has 1 aromatic carbocycles. The Labute approximate surface area is 117 Å². The number of anilines is 1. The zero-order valence-electron chi connectivity index (χ0n) is 11.5. The zero-order chi connectivity index (χ0) is 14.7. The minimum absolute atomic E-state index is 0.127. The summed E-state index contributed by atoms with van der Waals surface area (Å²) in [5.41, 5.74) is 0.825. The quantitative estimate of drug-likeness (QED) is 0.779. The first kappa shape index (κ1) is 14.3. The molecule has 20 heavy (non-hydrogen) atoms. The Balaban J connectivity index is 2.33. The molecule has 5 nitrogen and oxygen atoms in total. The maximum absolute atomic E-state index is 11.3. The molecule has 0 bridgehead atoms. The predicted octanol–water partition coefficient (Wildman–Crippen LogP) is 2.36. The van der Waals surface area contributed by atoms with E-state index in [9.17, 15) is 15.0 Å². The lowest BCUT2D eigenvalue weighted by Crippen LogP contribution is -2.25. The van der Waals surface area contributed by atoms with Crippen molar-refractivity contribution in [3.05, 3.63) is 35.9 Å². The molecule has 0 aliphatic rings. The summed E-state index contributed by atoms with van der Waals surface area (Å²) in [4.78, 5) is 15.7. The fourth-order valence-electron chi connectivity index (χ4n) is 1.89. The number of aromatic nitrogens is 1. The Morgan fingerprint density at radius 3 is 2.70 bits per heavy atom. The van der Waals surface area contributed by atoms with Crippen LogP contribution in [0.5, 0.6) is 0 Å². The Bertz CT molecular complexity index is 626. The summed E-state index contributed by atoms with van der Waals surface area (Å²) in [6, 6.07) is 8.60. The van der Waals surface area contributed by atoms with Crippen LogP contribution in [0.25, 0.3) is 10.9 Å². The number of carboxylic acid groups (broad SMARTS) is 1. The molecular weight excluding hydrogens is 256 g/mol. The minimum atomic E-state index is -0.990. The van der Waals surface area contributed by atoms with Gasteiger partial charge in [0.25, 0.3) is 0 Å². The van der Waals surface area contributed by atoms with Crippen molar-refractivity contribution in [1.82, 2.24) is 4.98 Å². The topological polar surface area (TPSA) is 82.5 Å². The van der Waals surface area contributed by atoms with E-state index in [0.29, 0.717) is 23.3 Å². The van der Waals surface area contributed by atoms with Crippen LogP contribution < -0.4 is 5.32 Å². The number of nitrogens with zero attached hydrogens (tertiary/aromatic N) is 1. The van der Waals surface area contributed by atoms with Crippen LogP contribution in [0.15, 0.2) is 30.3 Å². The van der Waals surface area contributed by atoms with E-state index in [1.54, 1.807) is 18.2 Å². The molecule has 1 atom stereocenters. The minimum Gasteiger partial charge on any atom is -0.478 e. The number of pyridine rings is 1. The van der Waals surface area contributed by atoms with E-state index in [2.05, 4.69) is 10.3 Å². The molecule has 0 fully saturated rings. The molecule has 5 heteroatoms. The van der Waals surface area contributed by atoms with E-state index in [0.717, 1.165) is 0 Å². The van der Waals surface area contributed by atoms with Crippen molar-refractivity contribution in [3.63, 3.8) is 0 Å². The summed E-state index contributed by atoms with van der Waals surface area (Å²) in [7, 11) is 0. The third-order valence-corrected chi connectivity index (χ3v) is 3.21. The highest BCUT2D eigenvalue weighted by Crippen LogP contribution is 2.21. The molecular formula is C15H18N2O3. The number of rotatable bonds is 5. The van der Waals surface area contributed by atoms with E-state index in [4.69, 9.17) is 0 Å². The summed E-state index contributed by atoms with van der Waals surface area (Å²) in [6.07, 6.45) is -0.503. The molecule has 1 aromatic heterocycles. The van der Waals surface area contributed by atoms with E-state index in [-0.39, 0.29) is 11.5 Å². The van der Waals surface area contributed by atoms with Crippen molar-refractivity contribution in [2.24, 2.45) is 5.92 Å². The van der Waals surface area contributed by atoms with Crippen LogP contribution in [0.1, 0.15) is 24.2 Å². The lowest BCUT2D eigenvalue weighted by Gasteiger charge is -2.16. The standard InChI is InChI=1S/C15H18N2O3/c1-9(2)13(18)8-16-14-7-11(15(19)20)10-5-3-4-6-12(10)17-14/h3-7,9,13,18H,8H2,1-2H3,(H,16,17)(H,19,20). The number of benzene rings is 1. The molecule has 2 rings (SSSR count). The fraction of sp³-hybridized carbons (Fsp3) is 0.333. The lowest BCUT2D eigenvalue weighted by molar-refractivity contribution is 0.0699. The van der Waals surface area contributed by atoms with Crippen molar-refractivity contribution < 1.29 is 15.0 Å². The third-order valence-electron chi connectivity index (χ3n) is 3.21. The van der Waals surface area contributed by atoms with Gasteiger partial charge in [-0.2, -0.15) is 0 Å². The number of carbonyl (C=O) groups is 1. The molecule has 0 aliphatic carbocycles.